The topological polar surface area (TPSA) is 66.0 Å². The Morgan fingerprint density at radius 1 is 1.00 bits per heavy atom. The molecule has 7 heteroatoms. The molecule has 0 aliphatic rings. The molecular formula is C16H24INO5. The minimum absolute atomic E-state index is 0.0865. The summed E-state index contributed by atoms with van der Waals surface area (Å²) in [5, 5.41) is 2.82. The van der Waals surface area contributed by atoms with Crippen molar-refractivity contribution in [3.8, 4) is 0 Å². The van der Waals surface area contributed by atoms with E-state index in [2.05, 4.69) is 27.9 Å². The van der Waals surface area contributed by atoms with Gasteiger partial charge in [0.25, 0.3) is 5.91 Å². The SMILES string of the molecule is COCCOCCOCCOCCNC(=O)c1cccc(I)c1. The number of nitrogens with one attached hydrogen (secondary N) is 1. The van der Waals surface area contributed by atoms with Gasteiger partial charge in [-0.05, 0) is 40.8 Å². The van der Waals surface area contributed by atoms with Crippen molar-refractivity contribution in [1.82, 2.24) is 5.32 Å². The molecule has 0 saturated carbocycles. The molecule has 1 amide bonds. The molecule has 0 heterocycles. The second-order valence-electron chi connectivity index (χ2n) is 4.60. The van der Waals surface area contributed by atoms with E-state index < -0.39 is 0 Å². The first kappa shape index (κ1) is 20.3. The number of carbonyl (C=O) groups excluding carboxylic acids is 1. The van der Waals surface area contributed by atoms with Gasteiger partial charge in [-0.2, -0.15) is 0 Å². The van der Waals surface area contributed by atoms with Crippen molar-refractivity contribution >= 4 is 28.5 Å². The van der Waals surface area contributed by atoms with Crippen LogP contribution in [0.1, 0.15) is 10.4 Å². The molecule has 1 aromatic carbocycles. The summed E-state index contributed by atoms with van der Waals surface area (Å²) in [5.41, 5.74) is 0.661. The fourth-order valence-electron chi connectivity index (χ4n) is 1.65. The smallest absolute Gasteiger partial charge is 0.251 e. The zero-order valence-corrected chi connectivity index (χ0v) is 15.5. The zero-order chi connectivity index (χ0) is 16.8. The van der Waals surface area contributed by atoms with Crippen molar-refractivity contribution < 1.29 is 23.7 Å². The third-order valence-electron chi connectivity index (χ3n) is 2.79. The van der Waals surface area contributed by atoms with Gasteiger partial charge in [-0.3, -0.25) is 4.79 Å². The third kappa shape index (κ3) is 10.6. The minimum atomic E-state index is -0.0865. The second kappa shape index (κ2) is 13.7. The van der Waals surface area contributed by atoms with Crippen LogP contribution < -0.4 is 5.32 Å². The molecule has 130 valence electrons. The second-order valence-corrected chi connectivity index (χ2v) is 5.84. The summed E-state index contributed by atoms with van der Waals surface area (Å²) in [4.78, 5) is 11.9. The molecule has 0 fully saturated rings. The van der Waals surface area contributed by atoms with Gasteiger partial charge in [-0.1, -0.05) is 6.07 Å². The van der Waals surface area contributed by atoms with Crippen LogP contribution in [0, 0.1) is 3.57 Å². The van der Waals surface area contributed by atoms with E-state index in [0.717, 1.165) is 3.57 Å². The quantitative estimate of drug-likeness (QED) is 0.376. The standard InChI is InChI=1S/C16H24INO5/c1-20-7-8-22-11-12-23-10-9-21-6-5-18-16(19)14-3-2-4-15(17)13-14/h2-4,13H,5-12H2,1H3,(H,18,19). The highest BCUT2D eigenvalue weighted by Gasteiger charge is 2.04. The van der Waals surface area contributed by atoms with Gasteiger partial charge < -0.3 is 24.3 Å². The highest BCUT2D eigenvalue weighted by atomic mass is 127. The van der Waals surface area contributed by atoms with Gasteiger partial charge in [0.2, 0.25) is 0 Å². The molecule has 1 aromatic rings. The Morgan fingerprint density at radius 2 is 1.61 bits per heavy atom. The number of carbonyl (C=O) groups is 1. The van der Waals surface area contributed by atoms with Crippen LogP contribution in [-0.2, 0) is 18.9 Å². The minimum Gasteiger partial charge on any atom is -0.382 e. The normalized spacial score (nSPS) is 10.7. The van der Waals surface area contributed by atoms with Crippen LogP contribution in [0.5, 0.6) is 0 Å². The molecule has 0 aliphatic carbocycles. The fourth-order valence-corrected chi connectivity index (χ4v) is 2.20. The average molecular weight is 437 g/mol. The predicted molar refractivity (Wildman–Crippen MR) is 95.8 cm³/mol. The van der Waals surface area contributed by atoms with Gasteiger partial charge in [-0.25, -0.2) is 0 Å². The van der Waals surface area contributed by atoms with Crippen molar-refractivity contribution in [1.29, 1.82) is 0 Å². The number of hydrogen-bond donors (Lipinski definition) is 1. The predicted octanol–water partition coefficient (Wildman–Crippen LogP) is 1.72. The lowest BCUT2D eigenvalue weighted by molar-refractivity contribution is 0.00415. The molecule has 0 bridgehead atoms. The molecule has 0 aliphatic heterocycles. The van der Waals surface area contributed by atoms with Crippen molar-refractivity contribution in [3.05, 3.63) is 33.4 Å². The monoisotopic (exact) mass is 437 g/mol. The van der Waals surface area contributed by atoms with Crippen LogP contribution in [0.4, 0.5) is 0 Å². The van der Waals surface area contributed by atoms with E-state index in [1.165, 1.54) is 0 Å². The summed E-state index contributed by atoms with van der Waals surface area (Å²) < 4.78 is 21.9. The van der Waals surface area contributed by atoms with Crippen molar-refractivity contribution in [2.24, 2.45) is 0 Å². The van der Waals surface area contributed by atoms with Gasteiger partial charge in [0.1, 0.15) is 0 Å². The number of rotatable bonds is 13. The molecule has 1 N–H and O–H groups in total. The number of amides is 1. The Kier molecular flexibility index (Phi) is 12.1. The summed E-state index contributed by atoms with van der Waals surface area (Å²) in [6.07, 6.45) is 0. The first-order chi connectivity index (χ1) is 11.2. The first-order valence-corrected chi connectivity index (χ1v) is 8.58. The maximum absolute atomic E-state index is 11.9. The average Bonchev–Trinajstić information content (AvgIpc) is 2.55. The Morgan fingerprint density at radius 3 is 2.22 bits per heavy atom. The van der Waals surface area contributed by atoms with E-state index in [4.69, 9.17) is 18.9 Å². The number of benzene rings is 1. The van der Waals surface area contributed by atoms with Crippen LogP contribution in [-0.4, -0.2) is 65.8 Å². The highest BCUT2D eigenvalue weighted by molar-refractivity contribution is 14.1. The third-order valence-corrected chi connectivity index (χ3v) is 3.47. The summed E-state index contributed by atoms with van der Waals surface area (Å²) in [5.74, 6) is -0.0865. The van der Waals surface area contributed by atoms with Gasteiger partial charge in [0.05, 0.1) is 46.2 Å². The van der Waals surface area contributed by atoms with Gasteiger partial charge >= 0.3 is 0 Å². The molecule has 0 unspecified atom stereocenters. The van der Waals surface area contributed by atoms with E-state index in [0.29, 0.717) is 58.4 Å². The van der Waals surface area contributed by atoms with Crippen LogP contribution in [0.2, 0.25) is 0 Å². The number of halogens is 1. The Balaban J connectivity index is 1.91. The van der Waals surface area contributed by atoms with Crippen LogP contribution in [0.25, 0.3) is 0 Å². The zero-order valence-electron chi connectivity index (χ0n) is 13.4. The Hall–Kier alpha value is -0.740. The number of hydrogen-bond acceptors (Lipinski definition) is 5. The molecule has 0 aromatic heterocycles. The summed E-state index contributed by atoms with van der Waals surface area (Å²) in [7, 11) is 1.64. The first-order valence-electron chi connectivity index (χ1n) is 7.50. The van der Waals surface area contributed by atoms with Crippen molar-refractivity contribution in [2.75, 3.05) is 59.9 Å². The molecule has 6 nitrogen and oxygen atoms in total. The van der Waals surface area contributed by atoms with E-state index in [1.807, 2.05) is 18.2 Å². The maximum atomic E-state index is 11.9. The Bertz CT molecular complexity index is 444. The van der Waals surface area contributed by atoms with E-state index in [9.17, 15) is 4.79 Å². The lowest BCUT2D eigenvalue weighted by Gasteiger charge is -2.08. The fraction of sp³-hybridized carbons (Fsp3) is 0.562. The van der Waals surface area contributed by atoms with Crippen molar-refractivity contribution in [2.45, 2.75) is 0 Å². The van der Waals surface area contributed by atoms with Gasteiger partial charge in [0.15, 0.2) is 0 Å². The van der Waals surface area contributed by atoms with Gasteiger partial charge in [-0.15, -0.1) is 0 Å². The van der Waals surface area contributed by atoms with Crippen LogP contribution in [0.3, 0.4) is 0 Å². The summed E-state index contributed by atoms with van der Waals surface area (Å²) >= 11 is 2.18. The molecule has 0 saturated heterocycles. The van der Waals surface area contributed by atoms with E-state index >= 15 is 0 Å². The summed E-state index contributed by atoms with van der Waals surface area (Å²) in [6.45, 7) is 4.21. The summed E-state index contributed by atoms with van der Waals surface area (Å²) in [6, 6.07) is 7.45. The number of ether oxygens (including phenoxy) is 4. The van der Waals surface area contributed by atoms with Crippen LogP contribution in [0.15, 0.2) is 24.3 Å². The maximum Gasteiger partial charge on any atom is 0.251 e. The lowest BCUT2D eigenvalue weighted by atomic mass is 10.2. The molecule has 0 spiro atoms. The Labute approximate surface area is 151 Å². The highest BCUT2D eigenvalue weighted by Crippen LogP contribution is 2.07. The molecule has 23 heavy (non-hydrogen) atoms. The van der Waals surface area contributed by atoms with Crippen LogP contribution >= 0.6 is 22.6 Å². The molecule has 0 radical (unpaired) electrons. The van der Waals surface area contributed by atoms with E-state index in [-0.39, 0.29) is 5.91 Å². The lowest BCUT2D eigenvalue weighted by Crippen LogP contribution is -2.27. The van der Waals surface area contributed by atoms with E-state index in [1.54, 1.807) is 13.2 Å². The molecular weight excluding hydrogens is 413 g/mol. The molecule has 1 rings (SSSR count). The van der Waals surface area contributed by atoms with Gasteiger partial charge in [0, 0.05) is 22.8 Å². The largest absolute Gasteiger partial charge is 0.382 e. The molecule has 0 atom stereocenters. The number of methoxy groups -OCH3 is 1. The van der Waals surface area contributed by atoms with Crippen molar-refractivity contribution in [3.63, 3.8) is 0 Å².